The van der Waals surface area contributed by atoms with Gasteiger partial charge in [-0.2, -0.15) is 0 Å². The Kier molecular flexibility index (Phi) is 3.47. The number of benzene rings is 2. The summed E-state index contributed by atoms with van der Waals surface area (Å²) < 4.78 is 0. The third-order valence-electron chi connectivity index (χ3n) is 3.85. The minimum atomic E-state index is 0.267. The maximum absolute atomic E-state index is 3.96. The van der Waals surface area contributed by atoms with Gasteiger partial charge in [0.25, 0.3) is 0 Å². The van der Waals surface area contributed by atoms with Crippen LogP contribution in [-0.2, 0) is 0 Å². The monoisotopic (exact) mass is 259 g/mol. The molecule has 1 nitrogen and oxygen atoms in total. The van der Waals surface area contributed by atoms with Crippen molar-refractivity contribution in [1.29, 1.82) is 0 Å². The molecule has 0 aliphatic carbocycles. The number of anilines is 1. The van der Waals surface area contributed by atoms with Gasteiger partial charge in [-0.3, -0.25) is 0 Å². The van der Waals surface area contributed by atoms with Crippen LogP contribution in [0.1, 0.15) is 12.0 Å². The third-order valence-corrected chi connectivity index (χ3v) is 3.85. The number of hydrogen-bond acceptors (Lipinski definition) is 1. The van der Waals surface area contributed by atoms with Crippen LogP contribution >= 0.6 is 0 Å². The number of rotatable bonds is 4. The predicted molar refractivity (Wildman–Crippen MR) is 91.1 cm³/mol. The van der Waals surface area contributed by atoms with E-state index in [1.54, 1.807) is 0 Å². The first-order valence-corrected chi connectivity index (χ1v) is 7.04. The topological polar surface area (TPSA) is 3.24 Å². The van der Waals surface area contributed by atoms with Gasteiger partial charge >= 0.3 is 6.85 Å². The molecule has 1 heterocycles. The molecular weight excluding hydrogens is 241 g/mol. The second kappa shape index (κ2) is 5.42. The van der Waals surface area contributed by atoms with Gasteiger partial charge in [0.05, 0.1) is 0 Å². The molecule has 0 fully saturated rings. The van der Waals surface area contributed by atoms with Crippen LogP contribution in [0.15, 0.2) is 67.6 Å². The van der Waals surface area contributed by atoms with Gasteiger partial charge < -0.3 is 4.81 Å². The smallest absolute Gasteiger partial charge is 0.307 e. The lowest BCUT2D eigenvalue weighted by molar-refractivity contribution is 0.980. The summed E-state index contributed by atoms with van der Waals surface area (Å²) in [5, 5.41) is 2.57. The molecule has 0 amide bonds. The zero-order valence-electron chi connectivity index (χ0n) is 11.6. The largest absolute Gasteiger partial charge is 0.407 e. The molecule has 0 unspecified atom stereocenters. The molecule has 1 aliphatic heterocycles. The van der Waals surface area contributed by atoms with Gasteiger partial charge in [-0.25, -0.2) is 0 Å². The Bertz CT molecular complexity index is 687. The van der Waals surface area contributed by atoms with E-state index in [2.05, 4.69) is 66.4 Å². The van der Waals surface area contributed by atoms with Crippen LogP contribution in [0.5, 0.6) is 0 Å². The van der Waals surface area contributed by atoms with Crippen molar-refractivity contribution in [2.24, 2.45) is 0 Å². The van der Waals surface area contributed by atoms with Crippen LogP contribution in [0, 0.1) is 0 Å². The van der Waals surface area contributed by atoms with Crippen LogP contribution in [0.25, 0.3) is 16.8 Å². The fourth-order valence-electron chi connectivity index (χ4n) is 2.80. The van der Waals surface area contributed by atoms with Gasteiger partial charge in [-0.05, 0) is 34.9 Å². The highest BCUT2D eigenvalue weighted by Crippen LogP contribution is 2.32. The van der Waals surface area contributed by atoms with Gasteiger partial charge in [-0.15, -0.1) is 13.2 Å². The quantitative estimate of drug-likeness (QED) is 0.577. The van der Waals surface area contributed by atoms with Crippen LogP contribution < -0.4 is 4.81 Å². The molecule has 2 aromatic rings. The highest BCUT2D eigenvalue weighted by molar-refractivity contribution is 6.74. The van der Waals surface area contributed by atoms with Gasteiger partial charge in [0.1, 0.15) is 0 Å². The lowest BCUT2D eigenvalue weighted by atomic mass is 9.58. The normalized spacial score (nSPS) is 13.4. The van der Waals surface area contributed by atoms with E-state index in [0.29, 0.717) is 0 Å². The molecule has 20 heavy (non-hydrogen) atoms. The summed E-state index contributed by atoms with van der Waals surface area (Å²) in [6, 6.07) is 13.1. The summed E-state index contributed by atoms with van der Waals surface area (Å²) in [6.45, 7) is 9.03. The van der Waals surface area contributed by atoms with Gasteiger partial charge in [0.2, 0.25) is 0 Å². The Morgan fingerprint density at radius 2 is 1.85 bits per heavy atom. The number of hydrogen-bond donors (Lipinski definition) is 0. The number of nitrogens with zero attached hydrogens (tertiary/aromatic N) is 1. The van der Waals surface area contributed by atoms with E-state index in [0.717, 1.165) is 13.0 Å². The van der Waals surface area contributed by atoms with Crippen LogP contribution in [0.3, 0.4) is 0 Å². The highest BCUT2D eigenvalue weighted by atomic mass is 15.1. The van der Waals surface area contributed by atoms with Crippen LogP contribution in [0.4, 0.5) is 5.69 Å². The van der Waals surface area contributed by atoms with E-state index in [4.69, 9.17) is 0 Å². The first-order chi connectivity index (χ1) is 9.83. The minimum Gasteiger partial charge on any atom is -0.407 e. The van der Waals surface area contributed by atoms with Crippen molar-refractivity contribution >= 4 is 29.4 Å². The summed E-state index contributed by atoms with van der Waals surface area (Å²) >= 11 is 0. The summed E-state index contributed by atoms with van der Waals surface area (Å²) in [5.74, 6) is 4.21. The second-order valence-electron chi connectivity index (χ2n) is 5.11. The minimum absolute atomic E-state index is 0.267. The lowest BCUT2D eigenvalue weighted by Gasteiger charge is -2.32. The van der Waals surface area contributed by atoms with E-state index < -0.39 is 0 Å². The molecule has 1 aliphatic rings. The molecule has 2 heteroatoms. The highest BCUT2D eigenvalue weighted by Gasteiger charge is 2.23. The Morgan fingerprint density at radius 3 is 2.55 bits per heavy atom. The first kappa shape index (κ1) is 12.8. The Labute approximate surface area is 121 Å². The first-order valence-electron chi connectivity index (χ1n) is 7.04. The molecule has 0 saturated carbocycles. The van der Waals surface area contributed by atoms with E-state index in [1.807, 2.05) is 12.1 Å². The molecule has 0 saturated heterocycles. The lowest BCUT2D eigenvalue weighted by Crippen LogP contribution is -2.39. The Morgan fingerprint density at radius 1 is 1.10 bits per heavy atom. The van der Waals surface area contributed by atoms with Crippen molar-refractivity contribution in [1.82, 2.24) is 0 Å². The van der Waals surface area contributed by atoms with Crippen LogP contribution in [-0.4, -0.2) is 13.4 Å². The van der Waals surface area contributed by atoms with E-state index in [9.17, 15) is 0 Å². The zero-order valence-corrected chi connectivity index (χ0v) is 11.6. The van der Waals surface area contributed by atoms with Gasteiger partial charge in [-0.1, -0.05) is 48.4 Å². The maximum atomic E-state index is 3.96. The van der Waals surface area contributed by atoms with Crippen molar-refractivity contribution in [3.63, 3.8) is 0 Å². The molecule has 3 rings (SSSR count). The summed E-state index contributed by atoms with van der Waals surface area (Å²) in [4.78, 5) is 2.40. The van der Waals surface area contributed by atoms with Crippen molar-refractivity contribution < 1.29 is 0 Å². The Balaban J connectivity index is 2.12. The van der Waals surface area contributed by atoms with Crippen molar-refractivity contribution in [2.45, 2.75) is 6.42 Å². The summed E-state index contributed by atoms with van der Waals surface area (Å²) in [7, 11) is 0. The van der Waals surface area contributed by atoms with Gasteiger partial charge in [0.15, 0.2) is 0 Å². The average Bonchev–Trinajstić information content (AvgIpc) is 2.50. The zero-order chi connectivity index (χ0) is 13.9. The molecule has 2 aromatic carbocycles. The van der Waals surface area contributed by atoms with Crippen molar-refractivity contribution in [3.05, 3.63) is 73.1 Å². The predicted octanol–water partition coefficient (Wildman–Crippen LogP) is 4.51. The fourth-order valence-corrected chi connectivity index (χ4v) is 2.80. The van der Waals surface area contributed by atoms with Crippen molar-refractivity contribution in [2.75, 3.05) is 11.4 Å². The summed E-state index contributed by atoms with van der Waals surface area (Å²) in [5.41, 5.74) is 2.57. The molecule has 0 radical (unpaired) electrons. The third kappa shape index (κ3) is 2.18. The molecule has 0 N–H and O–H groups in total. The number of fused-ring (bicyclic) bond motifs is 2. The van der Waals surface area contributed by atoms with Crippen LogP contribution in [0.2, 0.25) is 0 Å². The van der Waals surface area contributed by atoms with Gasteiger partial charge in [0, 0.05) is 12.2 Å². The SMILES string of the molecule is C=CCCN1B(C=C)C=Cc2cc3ccccc3cc21. The van der Waals surface area contributed by atoms with E-state index in [1.165, 1.54) is 22.0 Å². The molecule has 98 valence electrons. The summed E-state index contributed by atoms with van der Waals surface area (Å²) in [6.07, 6.45) is 5.15. The fraction of sp³-hybridized carbons (Fsp3) is 0.111. The average molecular weight is 259 g/mol. The van der Waals surface area contributed by atoms with E-state index >= 15 is 0 Å². The molecule has 0 atom stereocenters. The second-order valence-corrected chi connectivity index (χ2v) is 5.11. The Hall–Kier alpha value is -2.22. The van der Waals surface area contributed by atoms with Crippen molar-refractivity contribution in [3.8, 4) is 0 Å². The van der Waals surface area contributed by atoms with E-state index in [-0.39, 0.29) is 6.85 Å². The standard InChI is InChI=1S/C18H18BN/c1-3-5-12-20-18-14-16-9-7-6-8-15(16)13-17(18)10-11-19(20)4-2/h3-4,6-11,13-14H,1-2,5,12H2. The molecule has 0 aromatic heterocycles. The molecule has 0 bridgehead atoms. The molecule has 0 spiro atoms. The molecular formula is C18H18BN. The maximum Gasteiger partial charge on any atom is 0.307 e.